The van der Waals surface area contributed by atoms with Crippen molar-refractivity contribution >= 4 is 34.8 Å². The molecule has 1 heterocycles. The molecule has 28 heavy (non-hydrogen) atoms. The molecule has 3 rings (SSSR count). The Bertz CT molecular complexity index is 1040. The van der Waals surface area contributed by atoms with Crippen LogP contribution in [-0.4, -0.2) is 26.8 Å². The molecule has 0 saturated heterocycles. The van der Waals surface area contributed by atoms with Gasteiger partial charge in [0, 0.05) is 5.69 Å². The summed E-state index contributed by atoms with van der Waals surface area (Å²) in [5, 5.41) is 13.9. The maximum atomic E-state index is 12.6. The van der Waals surface area contributed by atoms with E-state index in [9.17, 15) is 9.59 Å². The number of anilines is 2. The molecule has 0 aliphatic rings. The number of para-hydroxylation sites is 1. The summed E-state index contributed by atoms with van der Waals surface area (Å²) in [5.41, 5.74) is 3.97. The number of hydrogen-bond donors (Lipinski definition) is 2. The SMILES string of the molecule is Cc1cccc(NC(=O)c2nnn(CC(=O)Nc3ccccc3Cl)c2C)c1C. The van der Waals surface area contributed by atoms with Crippen LogP contribution in [0.3, 0.4) is 0 Å². The zero-order valence-corrected chi connectivity index (χ0v) is 16.5. The average Bonchev–Trinajstić information content (AvgIpc) is 3.01. The second-order valence-electron chi connectivity index (χ2n) is 6.41. The molecule has 0 bridgehead atoms. The number of hydrogen-bond acceptors (Lipinski definition) is 4. The zero-order chi connectivity index (χ0) is 20.3. The molecular weight excluding hydrogens is 378 g/mol. The molecular formula is C20H20ClN5O2. The summed E-state index contributed by atoms with van der Waals surface area (Å²) in [7, 11) is 0. The number of amides is 2. The first-order valence-corrected chi connectivity index (χ1v) is 9.06. The van der Waals surface area contributed by atoms with E-state index in [1.165, 1.54) is 4.68 Å². The van der Waals surface area contributed by atoms with E-state index < -0.39 is 0 Å². The van der Waals surface area contributed by atoms with E-state index in [2.05, 4.69) is 20.9 Å². The molecule has 7 nitrogen and oxygen atoms in total. The number of aromatic nitrogens is 3. The molecule has 3 aromatic rings. The minimum Gasteiger partial charge on any atom is -0.323 e. The maximum Gasteiger partial charge on any atom is 0.278 e. The molecule has 0 spiro atoms. The second kappa shape index (κ2) is 8.22. The lowest BCUT2D eigenvalue weighted by Crippen LogP contribution is -2.21. The standard InChI is InChI=1S/C20H20ClN5O2/c1-12-7-6-10-16(13(12)2)23-20(28)19-14(3)26(25-24-19)11-18(27)22-17-9-5-4-8-15(17)21/h4-10H,11H2,1-3H3,(H,22,27)(H,23,28). The summed E-state index contributed by atoms with van der Waals surface area (Å²) >= 11 is 6.05. The van der Waals surface area contributed by atoms with E-state index >= 15 is 0 Å². The van der Waals surface area contributed by atoms with Crippen LogP contribution in [0.15, 0.2) is 42.5 Å². The number of benzene rings is 2. The Labute approximate surface area is 167 Å². The Balaban J connectivity index is 1.71. The van der Waals surface area contributed by atoms with Gasteiger partial charge in [-0.3, -0.25) is 9.59 Å². The Morgan fingerprint density at radius 1 is 1.00 bits per heavy atom. The van der Waals surface area contributed by atoms with Gasteiger partial charge in [-0.25, -0.2) is 4.68 Å². The number of halogens is 1. The Kier molecular flexibility index (Phi) is 5.75. The van der Waals surface area contributed by atoms with Crippen molar-refractivity contribution in [1.82, 2.24) is 15.0 Å². The average molecular weight is 398 g/mol. The molecule has 0 aliphatic heterocycles. The van der Waals surface area contributed by atoms with Crippen LogP contribution in [-0.2, 0) is 11.3 Å². The van der Waals surface area contributed by atoms with Crippen molar-refractivity contribution in [3.05, 3.63) is 70.0 Å². The van der Waals surface area contributed by atoms with Gasteiger partial charge in [0.05, 0.1) is 16.4 Å². The van der Waals surface area contributed by atoms with Gasteiger partial charge in [-0.15, -0.1) is 5.10 Å². The lowest BCUT2D eigenvalue weighted by atomic mass is 10.1. The van der Waals surface area contributed by atoms with Crippen LogP contribution in [0, 0.1) is 20.8 Å². The fourth-order valence-corrected chi connectivity index (χ4v) is 2.86. The molecule has 0 unspecified atom stereocenters. The maximum absolute atomic E-state index is 12.6. The first kappa shape index (κ1) is 19.6. The first-order valence-electron chi connectivity index (χ1n) is 8.69. The zero-order valence-electron chi connectivity index (χ0n) is 15.8. The monoisotopic (exact) mass is 397 g/mol. The van der Waals surface area contributed by atoms with Crippen molar-refractivity contribution < 1.29 is 9.59 Å². The van der Waals surface area contributed by atoms with E-state index in [0.29, 0.717) is 16.4 Å². The van der Waals surface area contributed by atoms with E-state index in [-0.39, 0.29) is 24.1 Å². The quantitative estimate of drug-likeness (QED) is 0.686. The number of carbonyl (C=O) groups excluding carboxylic acids is 2. The smallest absolute Gasteiger partial charge is 0.278 e. The molecule has 0 fully saturated rings. The number of rotatable bonds is 5. The number of nitrogens with zero attached hydrogens (tertiary/aromatic N) is 3. The number of aryl methyl sites for hydroxylation is 1. The third-order valence-electron chi connectivity index (χ3n) is 4.49. The normalized spacial score (nSPS) is 10.6. The molecule has 144 valence electrons. The highest BCUT2D eigenvalue weighted by molar-refractivity contribution is 6.33. The summed E-state index contributed by atoms with van der Waals surface area (Å²) < 4.78 is 1.38. The summed E-state index contributed by atoms with van der Waals surface area (Å²) in [6, 6.07) is 12.6. The van der Waals surface area contributed by atoms with Gasteiger partial charge < -0.3 is 10.6 Å². The lowest BCUT2D eigenvalue weighted by molar-refractivity contribution is -0.117. The number of carbonyl (C=O) groups is 2. The lowest BCUT2D eigenvalue weighted by Gasteiger charge is -2.10. The highest BCUT2D eigenvalue weighted by Crippen LogP contribution is 2.21. The first-order chi connectivity index (χ1) is 13.4. The molecule has 8 heteroatoms. The molecule has 0 saturated carbocycles. The largest absolute Gasteiger partial charge is 0.323 e. The fraction of sp³-hybridized carbons (Fsp3) is 0.200. The van der Waals surface area contributed by atoms with Gasteiger partial charge in [0.1, 0.15) is 6.54 Å². The van der Waals surface area contributed by atoms with Crippen molar-refractivity contribution in [3.63, 3.8) is 0 Å². The molecule has 2 N–H and O–H groups in total. The van der Waals surface area contributed by atoms with Gasteiger partial charge in [0.2, 0.25) is 5.91 Å². The molecule has 0 aliphatic carbocycles. The topological polar surface area (TPSA) is 88.9 Å². The van der Waals surface area contributed by atoms with Crippen LogP contribution in [0.5, 0.6) is 0 Å². The van der Waals surface area contributed by atoms with Crippen molar-refractivity contribution in [2.75, 3.05) is 10.6 Å². The van der Waals surface area contributed by atoms with E-state index in [1.54, 1.807) is 31.2 Å². The number of nitrogens with one attached hydrogen (secondary N) is 2. The van der Waals surface area contributed by atoms with Crippen molar-refractivity contribution in [2.45, 2.75) is 27.3 Å². The molecule has 0 radical (unpaired) electrons. The second-order valence-corrected chi connectivity index (χ2v) is 6.82. The van der Waals surface area contributed by atoms with Gasteiger partial charge in [-0.1, -0.05) is 41.1 Å². The van der Waals surface area contributed by atoms with Crippen LogP contribution in [0.1, 0.15) is 27.3 Å². The van der Waals surface area contributed by atoms with E-state index in [4.69, 9.17) is 11.6 Å². The molecule has 2 aromatic carbocycles. The van der Waals surface area contributed by atoms with Gasteiger partial charge in [0.15, 0.2) is 5.69 Å². The minimum absolute atomic E-state index is 0.0825. The fourth-order valence-electron chi connectivity index (χ4n) is 2.68. The molecule has 0 atom stereocenters. The van der Waals surface area contributed by atoms with Crippen molar-refractivity contribution in [3.8, 4) is 0 Å². The Morgan fingerprint density at radius 3 is 2.46 bits per heavy atom. The highest BCUT2D eigenvalue weighted by atomic mass is 35.5. The van der Waals surface area contributed by atoms with Crippen LogP contribution < -0.4 is 10.6 Å². The summed E-state index contributed by atoms with van der Waals surface area (Å²) in [5.74, 6) is -0.688. The van der Waals surface area contributed by atoms with Gasteiger partial charge in [0.25, 0.3) is 5.91 Å². The molecule has 1 aromatic heterocycles. The summed E-state index contributed by atoms with van der Waals surface area (Å²) in [4.78, 5) is 24.9. The Hall–Kier alpha value is -3.19. The van der Waals surface area contributed by atoms with Crippen LogP contribution in [0.2, 0.25) is 5.02 Å². The van der Waals surface area contributed by atoms with Crippen molar-refractivity contribution in [1.29, 1.82) is 0 Å². The molecule has 2 amide bonds. The predicted molar refractivity (Wildman–Crippen MR) is 109 cm³/mol. The van der Waals surface area contributed by atoms with Crippen LogP contribution >= 0.6 is 11.6 Å². The highest BCUT2D eigenvalue weighted by Gasteiger charge is 2.19. The van der Waals surface area contributed by atoms with Gasteiger partial charge >= 0.3 is 0 Å². The van der Waals surface area contributed by atoms with Crippen LogP contribution in [0.25, 0.3) is 0 Å². The Morgan fingerprint density at radius 2 is 1.71 bits per heavy atom. The van der Waals surface area contributed by atoms with Crippen molar-refractivity contribution in [2.24, 2.45) is 0 Å². The third kappa shape index (κ3) is 4.20. The van der Waals surface area contributed by atoms with E-state index in [0.717, 1.165) is 16.8 Å². The summed E-state index contributed by atoms with van der Waals surface area (Å²) in [6.45, 7) is 5.53. The van der Waals surface area contributed by atoms with E-state index in [1.807, 2.05) is 32.0 Å². The minimum atomic E-state index is -0.371. The predicted octanol–water partition coefficient (Wildman–Crippen LogP) is 3.75. The summed E-state index contributed by atoms with van der Waals surface area (Å²) in [6.07, 6.45) is 0. The van der Waals surface area contributed by atoms with Crippen LogP contribution in [0.4, 0.5) is 11.4 Å². The van der Waals surface area contributed by atoms with Gasteiger partial charge in [-0.2, -0.15) is 0 Å². The third-order valence-corrected chi connectivity index (χ3v) is 4.82. The van der Waals surface area contributed by atoms with Gasteiger partial charge in [-0.05, 0) is 50.1 Å².